The minimum absolute atomic E-state index is 0.0693. The van der Waals surface area contributed by atoms with E-state index in [1.54, 1.807) is 0 Å². The molecule has 14 aromatic carbocycles. The van der Waals surface area contributed by atoms with E-state index in [-0.39, 0.29) is 10.8 Å². The van der Waals surface area contributed by atoms with Crippen molar-refractivity contribution >= 4 is 83.1 Å². The summed E-state index contributed by atoms with van der Waals surface area (Å²) < 4.78 is 0. The summed E-state index contributed by atoms with van der Waals surface area (Å²) in [6.07, 6.45) is 0. The van der Waals surface area contributed by atoms with Crippen LogP contribution in [0.4, 0.5) is 0 Å². The van der Waals surface area contributed by atoms with Crippen LogP contribution < -0.4 is 10.4 Å². The predicted molar refractivity (Wildman–Crippen MR) is 351 cm³/mol. The summed E-state index contributed by atoms with van der Waals surface area (Å²) >= 11 is 0. The van der Waals surface area contributed by atoms with E-state index < -0.39 is 8.07 Å². The van der Waals surface area contributed by atoms with Gasteiger partial charge in [-0.3, -0.25) is 0 Å². The number of rotatable bonds is 4. The smallest absolute Gasteiger partial charge is 0.0619 e. The highest BCUT2D eigenvalue weighted by Gasteiger charge is 2.40. The molecule has 0 fully saturated rings. The van der Waals surface area contributed by atoms with Gasteiger partial charge in [0.25, 0.3) is 0 Å². The van der Waals surface area contributed by atoms with Crippen molar-refractivity contribution in [2.75, 3.05) is 0 Å². The van der Waals surface area contributed by atoms with Crippen LogP contribution in [0.3, 0.4) is 0 Å². The summed E-state index contributed by atoms with van der Waals surface area (Å²) in [5, 5.41) is 18.3. The van der Waals surface area contributed by atoms with Gasteiger partial charge >= 0.3 is 0 Å². The minimum Gasteiger partial charge on any atom is -0.0619 e. The normalized spacial score (nSPS) is 14.8. The Bertz CT molecular complexity index is 5140. The molecule has 0 bridgehead atoms. The molecule has 2 aliphatic carbocycles. The van der Waals surface area contributed by atoms with Crippen LogP contribution in [-0.4, -0.2) is 8.07 Å². The lowest BCUT2D eigenvalue weighted by Gasteiger charge is -2.24. The highest BCUT2D eigenvalue weighted by atomic mass is 28.3. The molecule has 0 aromatic heterocycles. The van der Waals surface area contributed by atoms with E-state index >= 15 is 0 Å². The predicted octanol–water partition coefficient (Wildman–Crippen LogP) is 20.7. The van der Waals surface area contributed by atoms with Crippen LogP contribution in [0.2, 0.25) is 13.1 Å². The van der Waals surface area contributed by atoms with Crippen LogP contribution in [0.15, 0.2) is 243 Å². The average Bonchev–Trinajstić information content (AvgIpc) is 4.23. The molecule has 0 atom stereocenters. The third-order valence-corrected chi connectivity index (χ3v) is 23.3. The zero-order valence-electron chi connectivity index (χ0n) is 46.6. The summed E-state index contributed by atoms with van der Waals surface area (Å²) in [6.45, 7) is 14.8. The molecule has 3 aliphatic rings. The maximum Gasteiger partial charge on any atom is 0.113 e. The third kappa shape index (κ3) is 6.41. The number of hydrogen-bond acceptors (Lipinski definition) is 0. The van der Waals surface area contributed by atoms with E-state index in [1.165, 1.54) is 175 Å². The fourth-order valence-corrected chi connectivity index (χ4v) is 18.8. The molecule has 1 heteroatoms. The second kappa shape index (κ2) is 16.5. The molecule has 0 saturated carbocycles. The summed E-state index contributed by atoms with van der Waals surface area (Å²) in [7, 11) is -2.34. The number of hydrogen-bond donors (Lipinski definition) is 0. The Morgan fingerprint density at radius 3 is 1.17 bits per heavy atom. The van der Waals surface area contributed by atoms with Gasteiger partial charge in [-0.05, 0) is 212 Å². The molecule has 1 aliphatic heterocycles. The van der Waals surface area contributed by atoms with Crippen LogP contribution >= 0.6 is 0 Å². The summed E-state index contributed by atoms with van der Waals surface area (Å²) in [4.78, 5) is 0. The highest BCUT2D eigenvalue weighted by Crippen LogP contribution is 2.54. The molecule has 382 valence electrons. The van der Waals surface area contributed by atoms with Crippen molar-refractivity contribution < 1.29 is 0 Å². The van der Waals surface area contributed by atoms with E-state index in [1.807, 2.05) is 0 Å². The van der Waals surface area contributed by atoms with Crippen molar-refractivity contribution in [2.24, 2.45) is 0 Å². The Hall–Kier alpha value is -9.14. The molecule has 0 nitrogen and oxygen atoms in total. The van der Waals surface area contributed by atoms with Crippen molar-refractivity contribution in [2.45, 2.75) is 51.6 Å². The lowest BCUT2D eigenvalue weighted by Crippen LogP contribution is -2.49. The molecule has 1 heterocycles. The molecule has 0 unspecified atom stereocenters. The highest BCUT2D eigenvalue weighted by molar-refractivity contribution is 7.04. The summed E-state index contributed by atoms with van der Waals surface area (Å²) in [5.41, 5.74) is 23.8. The standard InChI is InChI=1S/C80H58Si/c1-79(2)71-29-17-15-27-59(71)61-35-31-48(42-73(61)79)47-34-38-64-68(39-47)78(67-41-52-20-8-10-22-54(52)56-24-12-14-26-58(56)67)70-46-76-65(45-69(70)77(64)66-40-51-19-7-9-21-53(51)55-23-11-13-25-57(55)66)63-37-33-50(44-75(63)81(76,5)6)49-32-36-62-60-28-16-18-30-72(60)80(3,4)74(62)43-49/h7-46H,1-6H3. The van der Waals surface area contributed by atoms with Gasteiger partial charge in [0.1, 0.15) is 8.07 Å². The molecule has 14 aromatic rings. The maximum absolute atomic E-state index is 2.69. The Labute approximate surface area is 474 Å². The van der Waals surface area contributed by atoms with Gasteiger partial charge in [-0.25, -0.2) is 0 Å². The van der Waals surface area contributed by atoms with Crippen LogP contribution in [0.5, 0.6) is 0 Å². The Morgan fingerprint density at radius 1 is 0.235 bits per heavy atom. The molecule has 0 amide bonds. The van der Waals surface area contributed by atoms with Gasteiger partial charge in [-0.2, -0.15) is 0 Å². The average molecular weight is 1050 g/mol. The van der Waals surface area contributed by atoms with Crippen molar-refractivity contribution in [1.82, 2.24) is 0 Å². The van der Waals surface area contributed by atoms with Gasteiger partial charge in [0.2, 0.25) is 0 Å². The molecular weight excluding hydrogens is 989 g/mol. The number of benzene rings is 14. The fourth-order valence-electron chi connectivity index (χ4n) is 15.7. The van der Waals surface area contributed by atoms with E-state index in [9.17, 15) is 0 Å². The second-order valence-corrected chi connectivity index (χ2v) is 29.4. The minimum atomic E-state index is -2.34. The number of fused-ring (bicyclic) bond motifs is 17. The topological polar surface area (TPSA) is 0 Å². The van der Waals surface area contributed by atoms with Crippen LogP contribution in [0.25, 0.3) is 143 Å². The zero-order valence-corrected chi connectivity index (χ0v) is 47.6. The first-order chi connectivity index (χ1) is 39.4. The first kappa shape index (κ1) is 46.7. The first-order valence-electron chi connectivity index (χ1n) is 29.0. The molecule has 0 N–H and O–H groups in total. The summed E-state index contributed by atoms with van der Waals surface area (Å²) in [5.74, 6) is 0. The van der Waals surface area contributed by atoms with Gasteiger partial charge in [-0.1, -0.05) is 247 Å². The summed E-state index contributed by atoms with van der Waals surface area (Å²) in [6, 6.07) is 94.0. The van der Waals surface area contributed by atoms with E-state index in [0.29, 0.717) is 0 Å². The molecular formula is C80H58Si. The van der Waals surface area contributed by atoms with Crippen LogP contribution in [0.1, 0.15) is 49.9 Å². The van der Waals surface area contributed by atoms with Gasteiger partial charge in [0.15, 0.2) is 0 Å². The van der Waals surface area contributed by atoms with E-state index in [0.717, 1.165) is 0 Å². The third-order valence-electron chi connectivity index (χ3n) is 19.8. The fraction of sp³-hybridized carbons (Fsp3) is 0.100. The van der Waals surface area contributed by atoms with Crippen LogP contribution in [0, 0.1) is 0 Å². The lowest BCUT2D eigenvalue weighted by atomic mass is 9.80. The maximum atomic E-state index is 2.69. The van der Waals surface area contributed by atoms with Crippen LogP contribution in [-0.2, 0) is 10.8 Å². The molecule has 0 saturated heterocycles. The molecule has 81 heavy (non-hydrogen) atoms. The Kier molecular flexibility index (Phi) is 9.51. The Morgan fingerprint density at radius 2 is 0.617 bits per heavy atom. The van der Waals surface area contributed by atoms with Gasteiger partial charge < -0.3 is 0 Å². The van der Waals surface area contributed by atoms with Crippen molar-refractivity contribution in [1.29, 1.82) is 0 Å². The second-order valence-electron chi connectivity index (χ2n) is 25.1. The van der Waals surface area contributed by atoms with E-state index in [4.69, 9.17) is 0 Å². The van der Waals surface area contributed by atoms with Crippen molar-refractivity contribution in [3.8, 4) is 77.9 Å². The quantitative estimate of drug-likeness (QED) is 0.0936. The lowest BCUT2D eigenvalue weighted by molar-refractivity contribution is 0.660. The van der Waals surface area contributed by atoms with Crippen molar-refractivity contribution in [3.05, 3.63) is 265 Å². The molecule has 17 rings (SSSR count). The monoisotopic (exact) mass is 1050 g/mol. The van der Waals surface area contributed by atoms with Gasteiger partial charge in [0.05, 0.1) is 0 Å². The molecule has 0 spiro atoms. The zero-order chi connectivity index (χ0) is 54.3. The Balaban J connectivity index is 0.975. The van der Waals surface area contributed by atoms with E-state index in [2.05, 4.69) is 283 Å². The van der Waals surface area contributed by atoms with Gasteiger partial charge in [0, 0.05) is 10.8 Å². The van der Waals surface area contributed by atoms with Crippen molar-refractivity contribution in [3.63, 3.8) is 0 Å². The van der Waals surface area contributed by atoms with Gasteiger partial charge in [-0.15, -0.1) is 0 Å². The first-order valence-corrected chi connectivity index (χ1v) is 32.0. The largest absolute Gasteiger partial charge is 0.113 e. The molecule has 0 radical (unpaired) electrons. The SMILES string of the molecule is CC1(C)c2ccccc2-c2ccc(-c3ccc4c(c3)[Si](C)(C)c3cc5c(-c6cc7ccccc7c7ccccc67)c6cc(-c7ccc8c(c7)C(C)(C)c7ccccc7-8)ccc6c(-c6cc7ccccc7c7ccccc67)c5cc3-4)cc21.